The van der Waals surface area contributed by atoms with E-state index in [9.17, 15) is 14.4 Å². The van der Waals surface area contributed by atoms with Crippen molar-refractivity contribution in [3.8, 4) is 0 Å². The van der Waals surface area contributed by atoms with Gasteiger partial charge in [0.15, 0.2) is 0 Å². The Hall–Kier alpha value is -2.61. The number of rotatable bonds is 5. The summed E-state index contributed by atoms with van der Waals surface area (Å²) in [6.45, 7) is 5.51. The fourth-order valence-corrected chi connectivity index (χ4v) is 5.56. The molecule has 0 spiro atoms. The summed E-state index contributed by atoms with van der Waals surface area (Å²) in [5, 5.41) is 6.33. The molecule has 1 aliphatic carbocycles. The van der Waals surface area contributed by atoms with Crippen molar-refractivity contribution in [1.82, 2.24) is 25.1 Å². The molecule has 0 radical (unpaired) electrons. The second-order valence-electron chi connectivity index (χ2n) is 10.0. The Balaban J connectivity index is 1.56. The van der Waals surface area contributed by atoms with Crippen molar-refractivity contribution in [2.24, 2.45) is 11.8 Å². The summed E-state index contributed by atoms with van der Waals surface area (Å²) in [5.41, 5.74) is 1.01. The van der Waals surface area contributed by atoms with Gasteiger partial charge in [-0.3, -0.25) is 9.59 Å². The molecule has 1 saturated carbocycles. The Labute approximate surface area is 196 Å². The maximum atomic E-state index is 13.5. The number of hydrazine groups is 1. The van der Waals surface area contributed by atoms with Crippen LogP contribution >= 0.6 is 0 Å². The highest BCUT2D eigenvalue weighted by Gasteiger charge is 2.51. The van der Waals surface area contributed by atoms with Gasteiger partial charge in [0, 0.05) is 20.1 Å². The third-order valence-electron chi connectivity index (χ3n) is 7.20. The van der Waals surface area contributed by atoms with Gasteiger partial charge in [-0.25, -0.2) is 14.8 Å². The van der Waals surface area contributed by atoms with Crippen molar-refractivity contribution in [1.29, 1.82) is 0 Å². The molecular weight excluding hydrogens is 418 g/mol. The van der Waals surface area contributed by atoms with E-state index in [1.54, 1.807) is 22.0 Å². The zero-order chi connectivity index (χ0) is 23.5. The second kappa shape index (κ2) is 10.1. The van der Waals surface area contributed by atoms with Gasteiger partial charge in [-0.2, -0.15) is 0 Å². The lowest BCUT2D eigenvalue weighted by Gasteiger charge is -2.55. The lowest BCUT2D eigenvalue weighted by Crippen LogP contribution is -2.76. The maximum Gasteiger partial charge on any atom is 0.334 e. The van der Waals surface area contributed by atoms with E-state index in [0.717, 1.165) is 18.4 Å². The molecular formula is C25H37N5O3. The Kier molecular flexibility index (Phi) is 7.22. The third kappa shape index (κ3) is 5.00. The number of nitrogens with one attached hydrogen (secondary N) is 1. The molecule has 0 bridgehead atoms. The van der Waals surface area contributed by atoms with Gasteiger partial charge >= 0.3 is 6.03 Å². The quantitative estimate of drug-likeness (QED) is 0.741. The highest BCUT2D eigenvalue weighted by Crippen LogP contribution is 2.31. The molecule has 4 amide bonds. The number of carbonyl (C=O) groups excluding carboxylic acids is 3. The molecule has 3 fully saturated rings. The van der Waals surface area contributed by atoms with Gasteiger partial charge in [0.25, 0.3) is 0 Å². The van der Waals surface area contributed by atoms with Crippen LogP contribution in [0.25, 0.3) is 0 Å². The fourth-order valence-electron chi connectivity index (χ4n) is 5.56. The first kappa shape index (κ1) is 23.5. The minimum Gasteiger partial charge on any atom is -0.337 e. The minimum atomic E-state index is -0.544. The molecule has 0 aromatic heterocycles. The van der Waals surface area contributed by atoms with Crippen LogP contribution < -0.4 is 5.32 Å². The van der Waals surface area contributed by atoms with Crippen LogP contribution in [-0.2, 0) is 16.1 Å². The molecule has 1 aromatic rings. The van der Waals surface area contributed by atoms with Crippen LogP contribution in [0.4, 0.5) is 4.79 Å². The number of carbonyl (C=O) groups is 3. The van der Waals surface area contributed by atoms with Crippen molar-refractivity contribution in [2.45, 2.75) is 64.7 Å². The largest absolute Gasteiger partial charge is 0.337 e. The molecule has 4 rings (SSSR count). The molecule has 1 aromatic carbocycles. The Morgan fingerprint density at radius 1 is 1.09 bits per heavy atom. The normalized spacial score (nSPS) is 24.9. The molecule has 2 unspecified atom stereocenters. The minimum absolute atomic E-state index is 0.0226. The van der Waals surface area contributed by atoms with Crippen LogP contribution in [0.15, 0.2) is 30.3 Å². The highest BCUT2D eigenvalue weighted by atomic mass is 16.2. The number of urea groups is 1. The summed E-state index contributed by atoms with van der Waals surface area (Å²) >= 11 is 0. The van der Waals surface area contributed by atoms with Crippen LogP contribution in [0.1, 0.15) is 51.5 Å². The standard InChI is InChI=1S/C25H37N5O3/c1-18(2)23-24(32)28(15-20-12-8-5-9-13-20)16-21-29(23)22(31)17-27(3)30(21)25(33)26-14-19-10-6-4-7-11-19/h4,6-7,10-11,18,20-21,23H,5,8-9,12-17H2,1-3H3,(H,26,33). The molecule has 8 heteroatoms. The van der Waals surface area contributed by atoms with E-state index in [-0.39, 0.29) is 30.3 Å². The van der Waals surface area contributed by atoms with Gasteiger partial charge in [-0.05, 0) is 30.2 Å². The van der Waals surface area contributed by atoms with Crippen LogP contribution in [0.5, 0.6) is 0 Å². The lowest BCUT2D eigenvalue weighted by molar-refractivity contribution is -0.190. The predicted molar refractivity (Wildman–Crippen MR) is 126 cm³/mol. The van der Waals surface area contributed by atoms with Crippen LogP contribution in [0.3, 0.4) is 0 Å². The number of fused-ring (bicyclic) bond motifs is 1. The van der Waals surface area contributed by atoms with Crippen molar-refractivity contribution in [2.75, 3.05) is 26.7 Å². The maximum absolute atomic E-state index is 13.5. The van der Waals surface area contributed by atoms with E-state index in [1.165, 1.54) is 19.3 Å². The van der Waals surface area contributed by atoms with Crippen LogP contribution in [0, 0.1) is 11.8 Å². The smallest absolute Gasteiger partial charge is 0.334 e. The molecule has 1 N–H and O–H groups in total. The molecule has 2 heterocycles. The van der Waals surface area contributed by atoms with Gasteiger partial charge in [-0.1, -0.05) is 63.4 Å². The summed E-state index contributed by atoms with van der Waals surface area (Å²) in [6.07, 6.45) is 5.48. The first-order chi connectivity index (χ1) is 15.9. The predicted octanol–water partition coefficient (Wildman–Crippen LogP) is 2.66. The fraction of sp³-hybridized carbons (Fsp3) is 0.640. The van der Waals surface area contributed by atoms with Crippen LogP contribution in [0.2, 0.25) is 0 Å². The van der Waals surface area contributed by atoms with E-state index in [0.29, 0.717) is 25.6 Å². The van der Waals surface area contributed by atoms with Gasteiger partial charge in [0.1, 0.15) is 12.2 Å². The molecule has 3 aliphatic rings. The van der Waals surface area contributed by atoms with E-state index < -0.39 is 12.2 Å². The van der Waals surface area contributed by atoms with Gasteiger partial charge in [-0.15, -0.1) is 0 Å². The van der Waals surface area contributed by atoms with Gasteiger partial charge < -0.3 is 15.1 Å². The highest BCUT2D eigenvalue weighted by molar-refractivity contribution is 5.91. The molecule has 2 saturated heterocycles. The SMILES string of the molecule is CC(C)C1C(=O)N(CC2CCCCC2)CC2N1C(=O)CN(C)N2C(=O)NCc1ccccc1. The number of hydrogen-bond donors (Lipinski definition) is 1. The summed E-state index contributed by atoms with van der Waals surface area (Å²) in [6, 6.07) is 8.97. The summed E-state index contributed by atoms with van der Waals surface area (Å²) in [5.74, 6) is 0.392. The Morgan fingerprint density at radius 3 is 2.45 bits per heavy atom. The van der Waals surface area contributed by atoms with E-state index in [2.05, 4.69) is 5.32 Å². The monoisotopic (exact) mass is 455 g/mol. The second-order valence-corrected chi connectivity index (χ2v) is 10.0. The van der Waals surface area contributed by atoms with E-state index in [1.807, 2.05) is 49.1 Å². The third-order valence-corrected chi connectivity index (χ3v) is 7.20. The average molecular weight is 456 g/mol. The van der Waals surface area contributed by atoms with E-state index >= 15 is 0 Å². The Morgan fingerprint density at radius 2 is 1.79 bits per heavy atom. The molecule has 180 valence electrons. The molecule has 2 atom stereocenters. The zero-order valence-corrected chi connectivity index (χ0v) is 20.1. The first-order valence-corrected chi connectivity index (χ1v) is 12.3. The van der Waals surface area contributed by atoms with E-state index in [4.69, 9.17) is 0 Å². The number of benzene rings is 1. The lowest BCUT2D eigenvalue weighted by atomic mass is 9.88. The molecule has 2 aliphatic heterocycles. The number of piperazine rings is 1. The number of hydrogen-bond acceptors (Lipinski definition) is 4. The van der Waals surface area contributed by atoms with Crippen molar-refractivity contribution in [3.63, 3.8) is 0 Å². The number of amides is 4. The van der Waals surface area contributed by atoms with Crippen molar-refractivity contribution in [3.05, 3.63) is 35.9 Å². The topological polar surface area (TPSA) is 76.2 Å². The number of likely N-dealkylation sites (N-methyl/N-ethyl adjacent to an activating group) is 1. The Bertz CT molecular complexity index is 855. The van der Waals surface area contributed by atoms with Gasteiger partial charge in [0.05, 0.1) is 13.1 Å². The zero-order valence-electron chi connectivity index (χ0n) is 20.1. The summed E-state index contributed by atoms with van der Waals surface area (Å²) < 4.78 is 0. The summed E-state index contributed by atoms with van der Waals surface area (Å²) in [4.78, 5) is 43.5. The average Bonchev–Trinajstić information content (AvgIpc) is 2.80. The first-order valence-electron chi connectivity index (χ1n) is 12.3. The number of nitrogens with zero attached hydrogens (tertiary/aromatic N) is 4. The van der Waals surface area contributed by atoms with Crippen LogP contribution in [-0.4, -0.2) is 76.6 Å². The molecule has 8 nitrogen and oxygen atoms in total. The summed E-state index contributed by atoms with van der Waals surface area (Å²) in [7, 11) is 1.77. The van der Waals surface area contributed by atoms with Crippen molar-refractivity contribution < 1.29 is 14.4 Å². The van der Waals surface area contributed by atoms with Crippen molar-refractivity contribution >= 4 is 17.8 Å². The molecule has 33 heavy (non-hydrogen) atoms. The van der Waals surface area contributed by atoms with Gasteiger partial charge in [0.2, 0.25) is 11.8 Å².